The molecule has 0 aromatic rings. The van der Waals surface area contributed by atoms with Gasteiger partial charge in [0.1, 0.15) is 0 Å². The predicted octanol–water partition coefficient (Wildman–Crippen LogP) is 2.38. The summed E-state index contributed by atoms with van der Waals surface area (Å²) in [4.78, 5) is 0. The molecule has 0 aliphatic carbocycles. The summed E-state index contributed by atoms with van der Waals surface area (Å²) < 4.78 is 1.10. The number of hydrogen-bond donors (Lipinski definition) is 1. The van der Waals surface area contributed by atoms with E-state index in [-0.39, 0.29) is 0 Å². The van der Waals surface area contributed by atoms with Gasteiger partial charge in [-0.15, -0.1) is 0 Å². The fourth-order valence-electron chi connectivity index (χ4n) is 1.61. The van der Waals surface area contributed by atoms with Crippen LogP contribution in [0.2, 0.25) is 0 Å². The third kappa shape index (κ3) is 11.9. The van der Waals surface area contributed by atoms with Gasteiger partial charge < -0.3 is 10.2 Å². The SMILES string of the molecule is C[N+](C)(C)CCCCCCCCCN. The van der Waals surface area contributed by atoms with Crippen molar-refractivity contribution in [3.8, 4) is 0 Å². The first kappa shape index (κ1) is 13.9. The van der Waals surface area contributed by atoms with Crippen LogP contribution in [-0.4, -0.2) is 38.7 Å². The van der Waals surface area contributed by atoms with Crippen LogP contribution < -0.4 is 5.73 Å². The van der Waals surface area contributed by atoms with Crippen molar-refractivity contribution >= 4 is 0 Å². The van der Waals surface area contributed by atoms with Crippen molar-refractivity contribution in [2.24, 2.45) is 5.73 Å². The van der Waals surface area contributed by atoms with E-state index >= 15 is 0 Å². The van der Waals surface area contributed by atoms with E-state index in [1.807, 2.05) is 0 Å². The Morgan fingerprint density at radius 1 is 0.714 bits per heavy atom. The molecule has 0 saturated heterocycles. The van der Waals surface area contributed by atoms with Crippen molar-refractivity contribution in [3.05, 3.63) is 0 Å². The molecule has 0 aromatic carbocycles. The Kier molecular flexibility index (Phi) is 8.20. The van der Waals surface area contributed by atoms with Crippen molar-refractivity contribution in [2.75, 3.05) is 34.2 Å². The molecule has 0 atom stereocenters. The number of nitrogens with zero attached hydrogens (tertiary/aromatic N) is 1. The lowest BCUT2D eigenvalue weighted by atomic mass is 10.1. The van der Waals surface area contributed by atoms with Crippen molar-refractivity contribution < 1.29 is 4.48 Å². The first-order valence-electron chi connectivity index (χ1n) is 6.07. The molecule has 14 heavy (non-hydrogen) atoms. The van der Waals surface area contributed by atoms with E-state index in [9.17, 15) is 0 Å². The van der Waals surface area contributed by atoms with E-state index in [0.717, 1.165) is 11.0 Å². The standard InChI is InChI=1S/C12H29N2/c1-14(2,3)12-10-8-6-4-5-7-9-11-13/h4-13H2,1-3H3/q+1. The largest absolute Gasteiger partial charge is 0.331 e. The Bertz CT molecular complexity index is 116. The summed E-state index contributed by atoms with van der Waals surface area (Å²) in [5.74, 6) is 0. The van der Waals surface area contributed by atoms with E-state index < -0.39 is 0 Å². The van der Waals surface area contributed by atoms with Crippen LogP contribution in [0.3, 0.4) is 0 Å². The molecule has 0 aliphatic rings. The summed E-state index contributed by atoms with van der Waals surface area (Å²) in [6.45, 7) is 2.17. The summed E-state index contributed by atoms with van der Waals surface area (Å²) in [5, 5.41) is 0. The molecule has 0 fully saturated rings. The van der Waals surface area contributed by atoms with Crippen LogP contribution >= 0.6 is 0 Å². The molecule has 0 aromatic heterocycles. The monoisotopic (exact) mass is 201 g/mol. The Morgan fingerprint density at radius 2 is 1.14 bits per heavy atom. The van der Waals surface area contributed by atoms with Crippen LogP contribution in [0.4, 0.5) is 0 Å². The lowest BCUT2D eigenvalue weighted by Gasteiger charge is -2.23. The highest BCUT2D eigenvalue weighted by Crippen LogP contribution is 2.07. The zero-order valence-electron chi connectivity index (χ0n) is 10.4. The highest BCUT2D eigenvalue weighted by Gasteiger charge is 2.04. The summed E-state index contributed by atoms with van der Waals surface area (Å²) in [6, 6.07) is 0. The van der Waals surface area contributed by atoms with Crippen LogP contribution in [0.5, 0.6) is 0 Å². The summed E-state index contributed by atoms with van der Waals surface area (Å²) in [7, 11) is 6.80. The zero-order valence-corrected chi connectivity index (χ0v) is 10.4. The fraction of sp³-hybridized carbons (Fsp3) is 1.00. The van der Waals surface area contributed by atoms with Crippen LogP contribution in [0.15, 0.2) is 0 Å². The molecule has 0 aliphatic heterocycles. The molecule has 0 bridgehead atoms. The molecule has 0 rings (SSSR count). The molecule has 2 N–H and O–H groups in total. The zero-order chi connectivity index (χ0) is 10.9. The minimum atomic E-state index is 0.863. The number of quaternary nitrogens is 1. The minimum absolute atomic E-state index is 0.863. The topological polar surface area (TPSA) is 26.0 Å². The van der Waals surface area contributed by atoms with Crippen LogP contribution in [0.25, 0.3) is 0 Å². The molecule has 0 amide bonds. The summed E-state index contributed by atoms with van der Waals surface area (Å²) in [6.07, 6.45) is 9.49. The summed E-state index contributed by atoms with van der Waals surface area (Å²) >= 11 is 0. The molecule has 0 unspecified atom stereocenters. The molecule has 2 heteroatoms. The minimum Gasteiger partial charge on any atom is -0.331 e. The maximum atomic E-state index is 5.44. The Hall–Kier alpha value is -0.0800. The van der Waals surface area contributed by atoms with Gasteiger partial charge in [0.05, 0.1) is 27.7 Å². The second-order valence-electron chi connectivity index (χ2n) is 5.28. The van der Waals surface area contributed by atoms with Gasteiger partial charge >= 0.3 is 0 Å². The average molecular weight is 201 g/mol. The maximum Gasteiger partial charge on any atom is 0.0780 e. The van der Waals surface area contributed by atoms with Gasteiger partial charge in [-0.25, -0.2) is 0 Å². The molecule has 86 valence electrons. The van der Waals surface area contributed by atoms with Gasteiger partial charge in [-0.05, 0) is 25.8 Å². The molecular formula is C12H29N2+. The summed E-state index contributed by atoms with van der Waals surface area (Å²) in [5.41, 5.74) is 5.44. The normalized spacial score (nSPS) is 12.0. The Balaban J connectivity index is 2.99. The lowest BCUT2D eigenvalue weighted by Crippen LogP contribution is -2.35. The van der Waals surface area contributed by atoms with Gasteiger partial charge in [-0.2, -0.15) is 0 Å². The van der Waals surface area contributed by atoms with E-state index in [4.69, 9.17) is 5.73 Å². The van der Waals surface area contributed by atoms with Crippen molar-refractivity contribution in [3.63, 3.8) is 0 Å². The molecule has 0 radical (unpaired) electrons. The molecule has 2 nitrogen and oxygen atoms in total. The van der Waals surface area contributed by atoms with Crippen LogP contribution in [-0.2, 0) is 0 Å². The number of rotatable bonds is 9. The van der Waals surface area contributed by atoms with Crippen molar-refractivity contribution in [1.29, 1.82) is 0 Å². The lowest BCUT2D eigenvalue weighted by molar-refractivity contribution is -0.870. The van der Waals surface area contributed by atoms with E-state index in [0.29, 0.717) is 0 Å². The van der Waals surface area contributed by atoms with Gasteiger partial charge in [-0.1, -0.05) is 25.7 Å². The fourth-order valence-corrected chi connectivity index (χ4v) is 1.61. The smallest absolute Gasteiger partial charge is 0.0780 e. The molecule has 0 saturated carbocycles. The number of unbranched alkanes of at least 4 members (excludes halogenated alkanes) is 6. The maximum absolute atomic E-state index is 5.44. The quantitative estimate of drug-likeness (QED) is 0.450. The highest BCUT2D eigenvalue weighted by molar-refractivity contribution is 4.46. The van der Waals surface area contributed by atoms with Crippen molar-refractivity contribution in [2.45, 2.75) is 44.9 Å². The van der Waals surface area contributed by atoms with Crippen LogP contribution in [0.1, 0.15) is 44.9 Å². The van der Waals surface area contributed by atoms with Crippen molar-refractivity contribution in [1.82, 2.24) is 0 Å². The van der Waals surface area contributed by atoms with Gasteiger partial charge in [-0.3, -0.25) is 0 Å². The molecule has 0 heterocycles. The van der Waals surface area contributed by atoms with Gasteiger partial charge in [0.2, 0.25) is 0 Å². The third-order valence-corrected chi connectivity index (χ3v) is 2.53. The molecular weight excluding hydrogens is 172 g/mol. The van der Waals surface area contributed by atoms with Gasteiger partial charge in [0, 0.05) is 0 Å². The molecule has 0 spiro atoms. The predicted molar refractivity (Wildman–Crippen MR) is 64.3 cm³/mol. The van der Waals surface area contributed by atoms with E-state index in [1.165, 1.54) is 51.5 Å². The van der Waals surface area contributed by atoms with E-state index in [1.54, 1.807) is 0 Å². The first-order valence-corrected chi connectivity index (χ1v) is 6.07. The van der Waals surface area contributed by atoms with E-state index in [2.05, 4.69) is 21.1 Å². The highest BCUT2D eigenvalue weighted by atomic mass is 15.3. The first-order chi connectivity index (χ1) is 6.56. The van der Waals surface area contributed by atoms with Gasteiger partial charge in [0.25, 0.3) is 0 Å². The number of hydrogen-bond acceptors (Lipinski definition) is 1. The van der Waals surface area contributed by atoms with Crippen LogP contribution in [0, 0.1) is 0 Å². The second-order valence-corrected chi connectivity index (χ2v) is 5.28. The second kappa shape index (κ2) is 8.25. The third-order valence-electron chi connectivity index (χ3n) is 2.53. The average Bonchev–Trinajstić information content (AvgIpc) is 2.08. The Morgan fingerprint density at radius 3 is 1.57 bits per heavy atom. The Labute approximate surface area is 90.1 Å². The number of nitrogens with two attached hydrogens (primary N) is 1. The van der Waals surface area contributed by atoms with Gasteiger partial charge in [0.15, 0.2) is 0 Å².